The van der Waals surface area contributed by atoms with E-state index in [1.807, 2.05) is 429 Å². The van der Waals surface area contributed by atoms with Gasteiger partial charge in [0.2, 0.25) is 6.79 Å². The van der Waals surface area contributed by atoms with Crippen LogP contribution < -0.4 is 41.0 Å². The molecule has 147 heavy (non-hydrogen) atoms. The van der Waals surface area contributed by atoms with Crippen molar-refractivity contribution >= 4 is 122 Å². The predicted octanol–water partition coefficient (Wildman–Crippen LogP) is 37.6. The maximum Gasteiger partial charge on any atom is 0.417 e. The van der Waals surface area contributed by atoms with Crippen LogP contribution in [-0.2, 0) is 19.3 Å². The molecule has 0 saturated heterocycles. The summed E-state index contributed by atoms with van der Waals surface area (Å²) in [5.74, 6) is 4.34. The van der Waals surface area contributed by atoms with Crippen molar-refractivity contribution in [2.45, 2.75) is 211 Å². The van der Waals surface area contributed by atoms with E-state index in [1.165, 1.54) is 63.3 Å². The minimum absolute atomic E-state index is 0.302. The van der Waals surface area contributed by atoms with Crippen LogP contribution >= 0.6 is 23.1 Å². The van der Waals surface area contributed by atoms with Gasteiger partial charge < -0.3 is 52.2 Å². The van der Waals surface area contributed by atoms with E-state index in [0.29, 0.717) is 24.7 Å². The first-order valence-corrected chi connectivity index (χ1v) is 54.0. The van der Waals surface area contributed by atoms with Gasteiger partial charge >= 0.3 is 11.4 Å². The van der Waals surface area contributed by atoms with Crippen LogP contribution in [0, 0.1) is 0 Å². The molecule has 0 fully saturated rings. The molecule has 0 bridgehead atoms. The Balaban J connectivity index is 0.000000781. The molecule has 1 aliphatic carbocycles. The van der Waals surface area contributed by atoms with Crippen molar-refractivity contribution < 1.29 is 36.6 Å². The molecule has 4 aliphatic heterocycles. The summed E-state index contributed by atoms with van der Waals surface area (Å²) in [7, 11) is 0. The maximum absolute atomic E-state index is 10.7. The van der Waals surface area contributed by atoms with Crippen LogP contribution in [0.25, 0.3) is 87.1 Å². The van der Waals surface area contributed by atoms with E-state index in [4.69, 9.17) is 36.6 Å². The van der Waals surface area contributed by atoms with Crippen molar-refractivity contribution in [3.05, 3.63) is 426 Å². The van der Waals surface area contributed by atoms with Crippen molar-refractivity contribution in [1.82, 2.24) is 35.1 Å². The van der Waals surface area contributed by atoms with Crippen molar-refractivity contribution in [2.24, 2.45) is 0 Å². The van der Waals surface area contributed by atoms with Gasteiger partial charge in [0.15, 0.2) is 35.8 Å². The molecule has 8 aromatic heterocycles. The Kier molecular flexibility index (Phi) is 76.2. The molecule has 5 aliphatic rings. The van der Waals surface area contributed by atoms with E-state index in [2.05, 4.69) is 148 Å². The zero-order chi connectivity index (χ0) is 109. The molecule has 0 atom stereocenters. The average molecular weight is 2030 g/mol. The van der Waals surface area contributed by atoms with Crippen molar-refractivity contribution in [2.75, 3.05) is 36.6 Å². The van der Waals surface area contributed by atoms with E-state index in [0.717, 1.165) is 108 Å². The second-order valence-electron chi connectivity index (χ2n) is 26.7. The summed E-state index contributed by atoms with van der Waals surface area (Å²) < 4.78 is 41.8. The van der Waals surface area contributed by atoms with E-state index in [-0.39, 0.29) is 5.63 Å². The number of H-pyrrole nitrogens is 3. The standard InChI is InChI=1S/C9H7N.C9H6O2.C9H10.C8H8O.C8H6O.C8H6S.2C7H6N2.C7H5NO2.C7H7NO.C7H5NO.C7H7NS.C7H6O2.13C2H6/c1-2-6-9-8(4-1)5-3-7-10-9;10-9-6-5-7-3-1-2-4-8(7)11-9;1-2-5-9-7-3-6-8(9)4-1;3*1-2-4-8-7(3-1)5-6-9-8;1-2-4-7-6(3-1)8-5-9-7;1-2-4-7-6(3-1)5-8-9-7;9-7-8-5-3-1-2-4-6(5)10-7;4*1-2-4-7-6(3-1)8-5-9-7;13*1-2/h1-7H;1-6H;1-2,4-5H,3,6-7H2;1-4H,5-6H2;2*1-6H;2*1-5H,(H,8,9);1-4H,(H,8,9);1-4,8H,5H2;1-5H;1-4,8H,5H2;1-4H,5H2;13*1-2H3. The molecule has 0 saturated carbocycles. The number of nitrogens with zero attached hydrogens (tertiary/aromatic N) is 4. The second kappa shape index (κ2) is 86.3. The number of ether oxygens (including phenoxy) is 4. The molecule has 784 valence electrons. The van der Waals surface area contributed by atoms with Crippen LogP contribution in [0.2, 0.25) is 0 Å². The van der Waals surface area contributed by atoms with Crippen molar-refractivity contribution in [3.8, 4) is 23.0 Å². The van der Waals surface area contributed by atoms with E-state index in [9.17, 15) is 9.59 Å². The zero-order valence-corrected chi connectivity index (χ0v) is 93.4. The Morgan fingerprint density at radius 1 is 0.320 bits per heavy atom. The highest BCUT2D eigenvalue weighted by Crippen LogP contribution is 2.34. The van der Waals surface area contributed by atoms with Gasteiger partial charge in [-0.05, 0) is 180 Å². The first kappa shape index (κ1) is 130. The number of furan rings is 1. The highest BCUT2D eigenvalue weighted by atomic mass is 32.2. The SMILES string of the molecule is CC.CC.CC.CC.CC.CC.CC.CC.CC.CC.CC.CC.CC.O=c1[nH]c2ccccc2o1.O=c1ccc2ccccc2o1.c1ccc2[nH]cnc2c1.c1ccc2[nH]ncc2c1.c1ccc2c(c1)CCC2.c1ccc2c(c1)CCO2.c1ccc2c(c1)NCO2.c1ccc2c(c1)NCS2.c1ccc2c(c1)OCO2.c1ccc2ncccc2c1.c1ccc2occc2c1.c1ccc2ocnc2c1.c1ccc2sccc2c1. The minimum atomic E-state index is -0.402. The Labute approximate surface area is 883 Å². The molecule has 13 aromatic carbocycles. The van der Waals surface area contributed by atoms with E-state index in [1.54, 1.807) is 59.3 Å². The highest BCUT2D eigenvalue weighted by molar-refractivity contribution is 7.99. The lowest BCUT2D eigenvalue weighted by Crippen LogP contribution is -1.96. The average Bonchev–Trinajstić information content (AvgIpc) is 1.70. The number of nitrogens with one attached hydrogen (secondary N) is 5. The van der Waals surface area contributed by atoms with Crippen molar-refractivity contribution in [1.29, 1.82) is 0 Å². The summed E-state index contributed by atoms with van der Waals surface area (Å²) in [5.41, 5.74) is 15.5. The molecule has 21 aromatic rings. The number of hydrogen-bond donors (Lipinski definition) is 5. The molecular formula is C126H163N9O10S2. The summed E-state index contributed by atoms with van der Waals surface area (Å²) >= 11 is 3.64. The quantitative estimate of drug-likeness (QED) is 0.0886. The van der Waals surface area contributed by atoms with Crippen LogP contribution in [0.5, 0.6) is 23.0 Å². The fourth-order valence-corrected chi connectivity index (χ4v) is 14.3. The van der Waals surface area contributed by atoms with Crippen LogP contribution in [0.1, 0.15) is 203 Å². The summed E-state index contributed by atoms with van der Waals surface area (Å²) in [5, 5.41) is 21.0. The molecule has 0 spiro atoms. The van der Waals surface area contributed by atoms with Gasteiger partial charge in [-0.15, -0.1) is 23.1 Å². The minimum Gasteiger partial charge on any atom is -0.493 e. The monoisotopic (exact) mass is 2030 g/mol. The zero-order valence-electron chi connectivity index (χ0n) is 91.8. The van der Waals surface area contributed by atoms with Gasteiger partial charge in [0.05, 0.1) is 64.5 Å². The number of anilines is 2. The van der Waals surface area contributed by atoms with Crippen LogP contribution in [-0.4, -0.2) is 61.1 Å². The topological polar surface area (TPSA) is 247 Å². The first-order valence-electron chi connectivity index (χ1n) is 52.1. The van der Waals surface area contributed by atoms with Crippen molar-refractivity contribution in [3.63, 3.8) is 0 Å². The van der Waals surface area contributed by atoms with Gasteiger partial charge in [-0.2, -0.15) is 5.10 Å². The molecule has 12 heterocycles. The van der Waals surface area contributed by atoms with Gasteiger partial charge in [0, 0.05) is 55.5 Å². The number of benzene rings is 13. The second-order valence-corrected chi connectivity index (χ2v) is 28.7. The summed E-state index contributed by atoms with van der Waals surface area (Å²) in [6.07, 6.45) is 13.5. The number of oxazole rings is 2. The Bertz CT molecular complexity index is 5800. The van der Waals surface area contributed by atoms with Crippen LogP contribution in [0.4, 0.5) is 11.4 Å². The molecule has 26 rings (SSSR count). The highest BCUT2D eigenvalue weighted by Gasteiger charge is 2.12. The van der Waals surface area contributed by atoms with Gasteiger partial charge in [-0.1, -0.05) is 392 Å². The third kappa shape index (κ3) is 48.4. The predicted molar refractivity (Wildman–Crippen MR) is 636 cm³/mol. The van der Waals surface area contributed by atoms with Gasteiger partial charge in [-0.25, -0.2) is 19.6 Å². The fraction of sp³-hybridized carbons (Fsp3) is 0.270. The summed E-state index contributed by atoms with van der Waals surface area (Å²) in [4.78, 5) is 40.4. The normalized spacial score (nSPS) is 10.2. The number of aryl methyl sites for hydroxylation is 2. The summed E-state index contributed by atoms with van der Waals surface area (Å²) in [6, 6.07) is 115. The number of fused-ring (bicyclic) bond motifs is 13. The van der Waals surface area contributed by atoms with Gasteiger partial charge in [-0.3, -0.25) is 15.1 Å². The molecule has 0 amide bonds. The number of para-hydroxylation sites is 16. The van der Waals surface area contributed by atoms with Crippen LogP contribution in [0.3, 0.4) is 0 Å². The third-order valence-corrected chi connectivity index (χ3v) is 20.5. The molecule has 19 nitrogen and oxygen atoms in total. The van der Waals surface area contributed by atoms with E-state index >= 15 is 0 Å². The molecule has 0 unspecified atom stereocenters. The maximum atomic E-state index is 10.7. The lowest BCUT2D eigenvalue weighted by molar-refractivity contribution is 0.174. The number of thioether (sulfide) groups is 1. The number of hydrogen-bond acceptors (Lipinski definition) is 18. The first-order chi connectivity index (χ1) is 72.8. The fourth-order valence-electron chi connectivity index (χ4n) is 12.6. The number of thiophene rings is 1. The van der Waals surface area contributed by atoms with Crippen LogP contribution in [0.15, 0.2) is 421 Å². The number of aromatic nitrogens is 7. The summed E-state index contributed by atoms with van der Waals surface area (Å²) in [6.45, 7) is 53.8. The van der Waals surface area contributed by atoms with Gasteiger partial charge in [0.1, 0.15) is 28.2 Å². The number of rotatable bonds is 0. The molecule has 21 heteroatoms. The number of pyridine rings is 1. The lowest BCUT2D eigenvalue weighted by Gasteiger charge is -1.93. The molecular weight excluding hydrogens is 1860 g/mol. The van der Waals surface area contributed by atoms with E-state index < -0.39 is 5.76 Å². The molecule has 5 N–H and O–H groups in total. The Morgan fingerprint density at radius 3 is 1.38 bits per heavy atom. The Hall–Kier alpha value is -15.2. The third-order valence-electron chi connectivity index (χ3n) is 18.6. The number of imidazole rings is 1. The Morgan fingerprint density at radius 2 is 0.803 bits per heavy atom. The largest absolute Gasteiger partial charge is 0.493 e. The lowest BCUT2D eigenvalue weighted by atomic mass is 10.1. The smallest absolute Gasteiger partial charge is 0.417 e. The number of aromatic amines is 3. The van der Waals surface area contributed by atoms with Gasteiger partial charge in [0.25, 0.3) is 0 Å². The molecule has 0 radical (unpaired) electrons.